The van der Waals surface area contributed by atoms with E-state index < -0.39 is 17.4 Å². The Balaban J connectivity index is 2.99. The lowest BCUT2D eigenvalue weighted by Crippen LogP contribution is -2.32. The van der Waals surface area contributed by atoms with Gasteiger partial charge < -0.3 is 5.11 Å². The highest BCUT2D eigenvalue weighted by Gasteiger charge is 2.34. The fraction of sp³-hybridized carbons (Fsp3) is 0.438. The van der Waals surface area contributed by atoms with Crippen molar-refractivity contribution < 1.29 is 9.90 Å². The first-order chi connectivity index (χ1) is 8.38. The molecule has 0 heterocycles. The second-order valence-corrected chi connectivity index (χ2v) is 5.60. The van der Waals surface area contributed by atoms with E-state index in [1.807, 2.05) is 51.1 Å². The zero-order valence-corrected chi connectivity index (χ0v) is 11.4. The summed E-state index contributed by atoms with van der Waals surface area (Å²) < 4.78 is 0. The van der Waals surface area contributed by atoms with Gasteiger partial charge in [0, 0.05) is 5.41 Å². The number of aliphatic hydroxyl groups is 1. The molecule has 1 rings (SSSR count). The molecule has 1 aromatic rings. The Morgan fingerprint density at radius 1 is 1.33 bits per heavy atom. The van der Waals surface area contributed by atoms with E-state index >= 15 is 0 Å². The van der Waals surface area contributed by atoms with Gasteiger partial charge in [-0.05, 0) is 12.0 Å². The van der Waals surface area contributed by atoms with Crippen molar-refractivity contribution >= 4 is 5.78 Å². The summed E-state index contributed by atoms with van der Waals surface area (Å²) in [5.41, 5.74) is 0.325. The number of Topliss-reactive ketones (excluding diaryl/α,β-unsaturated/α-hetero) is 1. The van der Waals surface area contributed by atoms with Crippen LogP contribution in [0.25, 0.3) is 0 Å². The van der Waals surface area contributed by atoms with Gasteiger partial charge in [-0.3, -0.25) is 4.79 Å². The van der Waals surface area contributed by atoms with Crippen LogP contribution in [-0.4, -0.2) is 10.9 Å². The molecule has 2 heteroatoms. The van der Waals surface area contributed by atoms with Crippen LogP contribution < -0.4 is 0 Å². The van der Waals surface area contributed by atoms with Crippen molar-refractivity contribution in [2.75, 3.05) is 0 Å². The predicted molar refractivity (Wildman–Crippen MR) is 74.2 cm³/mol. The molecule has 0 fully saturated rings. The molecule has 0 aliphatic heterocycles. The highest BCUT2D eigenvalue weighted by atomic mass is 16.3. The first kappa shape index (κ1) is 14.7. The first-order valence-corrected chi connectivity index (χ1v) is 6.26. The maximum Gasteiger partial charge on any atom is 0.144 e. The first-order valence-electron chi connectivity index (χ1n) is 6.26. The summed E-state index contributed by atoms with van der Waals surface area (Å²) in [5.74, 6) is -0.358. The zero-order valence-electron chi connectivity index (χ0n) is 11.4. The molecule has 0 aromatic heterocycles. The van der Waals surface area contributed by atoms with Gasteiger partial charge in [0.2, 0.25) is 0 Å². The van der Waals surface area contributed by atoms with Crippen molar-refractivity contribution in [1.29, 1.82) is 0 Å². The van der Waals surface area contributed by atoms with Crippen LogP contribution in [0.4, 0.5) is 0 Å². The molecule has 0 saturated carbocycles. The van der Waals surface area contributed by atoms with Crippen molar-refractivity contribution in [2.45, 2.75) is 33.3 Å². The van der Waals surface area contributed by atoms with Crippen molar-refractivity contribution in [1.82, 2.24) is 0 Å². The van der Waals surface area contributed by atoms with E-state index in [0.29, 0.717) is 6.42 Å². The molecule has 98 valence electrons. The number of carbonyl (C=O) groups is 1. The Kier molecular flexibility index (Phi) is 4.85. The lowest BCUT2D eigenvalue weighted by molar-refractivity contribution is -0.134. The number of benzene rings is 1. The third kappa shape index (κ3) is 3.54. The van der Waals surface area contributed by atoms with Gasteiger partial charge in [0.25, 0.3) is 0 Å². The third-order valence-electron chi connectivity index (χ3n) is 3.02. The topological polar surface area (TPSA) is 37.3 Å². The van der Waals surface area contributed by atoms with Crippen molar-refractivity contribution in [2.24, 2.45) is 11.3 Å². The Bertz CT molecular complexity index is 401. The van der Waals surface area contributed by atoms with Gasteiger partial charge in [-0.2, -0.15) is 0 Å². The minimum absolute atomic E-state index is 0.0683. The highest BCUT2D eigenvalue weighted by Crippen LogP contribution is 2.32. The van der Waals surface area contributed by atoms with Gasteiger partial charge in [0.15, 0.2) is 0 Å². The van der Waals surface area contributed by atoms with Crippen LogP contribution in [0.1, 0.15) is 38.9 Å². The van der Waals surface area contributed by atoms with Crippen LogP contribution in [-0.2, 0) is 4.79 Å². The minimum Gasteiger partial charge on any atom is -0.388 e. The number of aliphatic hydroxyl groups excluding tert-OH is 1. The van der Waals surface area contributed by atoms with Crippen LogP contribution >= 0.6 is 0 Å². The molecule has 0 radical (unpaired) electrons. The average molecular weight is 246 g/mol. The predicted octanol–water partition coefficient (Wildman–Crippen LogP) is 3.53. The molecule has 0 aliphatic rings. The van der Waals surface area contributed by atoms with E-state index in [9.17, 15) is 9.90 Å². The normalized spacial score (nSPS) is 14.9. The quantitative estimate of drug-likeness (QED) is 0.807. The minimum atomic E-state index is -0.768. The average Bonchev–Trinajstić information content (AvgIpc) is 2.34. The van der Waals surface area contributed by atoms with Gasteiger partial charge in [0.1, 0.15) is 5.78 Å². The van der Waals surface area contributed by atoms with Crippen LogP contribution in [0, 0.1) is 11.3 Å². The molecule has 18 heavy (non-hydrogen) atoms. The Morgan fingerprint density at radius 2 is 1.89 bits per heavy atom. The van der Waals surface area contributed by atoms with E-state index in [1.54, 1.807) is 6.08 Å². The van der Waals surface area contributed by atoms with Gasteiger partial charge >= 0.3 is 0 Å². The summed E-state index contributed by atoms with van der Waals surface area (Å²) >= 11 is 0. The maximum absolute atomic E-state index is 12.4. The van der Waals surface area contributed by atoms with Crippen molar-refractivity contribution in [3.63, 3.8) is 0 Å². The van der Waals surface area contributed by atoms with Gasteiger partial charge in [0.05, 0.1) is 12.0 Å². The summed E-state index contributed by atoms with van der Waals surface area (Å²) in [4.78, 5) is 12.4. The molecule has 0 spiro atoms. The fourth-order valence-electron chi connectivity index (χ4n) is 2.00. The number of hydrogen-bond acceptors (Lipinski definition) is 2. The molecule has 0 saturated heterocycles. The smallest absolute Gasteiger partial charge is 0.144 e. The largest absolute Gasteiger partial charge is 0.388 e. The Morgan fingerprint density at radius 3 is 2.33 bits per heavy atom. The zero-order chi connectivity index (χ0) is 13.8. The van der Waals surface area contributed by atoms with E-state index in [2.05, 4.69) is 6.58 Å². The van der Waals surface area contributed by atoms with E-state index in [4.69, 9.17) is 0 Å². The summed E-state index contributed by atoms with van der Waals surface area (Å²) in [6.07, 6.45) is 1.42. The molecular weight excluding hydrogens is 224 g/mol. The lowest BCUT2D eigenvalue weighted by atomic mass is 9.77. The van der Waals surface area contributed by atoms with Crippen LogP contribution in [0.15, 0.2) is 43.0 Å². The molecule has 2 nitrogen and oxygen atoms in total. The maximum atomic E-state index is 12.4. The number of hydrogen-bond donors (Lipinski definition) is 1. The lowest BCUT2D eigenvalue weighted by Gasteiger charge is -2.27. The second kappa shape index (κ2) is 5.96. The van der Waals surface area contributed by atoms with Crippen LogP contribution in [0.5, 0.6) is 0 Å². The molecule has 1 aromatic carbocycles. The van der Waals surface area contributed by atoms with Crippen molar-refractivity contribution in [3.05, 3.63) is 48.6 Å². The fourth-order valence-corrected chi connectivity index (χ4v) is 2.00. The standard InChI is InChI=1S/C16H22O2/c1-5-9-13(15(18)16(2,3)4)14(17)12-10-7-6-8-11-12/h5-8,10-11,13-14,17H,1,9H2,2-4H3/t13-,14+/m1/s1. The number of ketones is 1. The molecular formula is C16H22O2. The second-order valence-electron chi connectivity index (χ2n) is 5.60. The summed E-state index contributed by atoms with van der Waals surface area (Å²) in [6, 6.07) is 9.31. The van der Waals surface area contributed by atoms with Crippen LogP contribution in [0.2, 0.25) is 0 Å². The molecule has 2 atom stereocenters. The summed E-state index contributed by atoms with van der Waals surface area (Å²) in [7, 11) is 0. The monoisotopic (exact) mass is 246 g/mol. The van der Waals surface area contributed by atoms with E-state index in [-0.39, 0.29) is 5.78 Å². The molecule has 0 bridgehead atoms. The number of carbonyl (C=O) groups excluding carboxylic acids is 1. The van der Waals surface area contributed by atoms with Gasteiger partial charge in [-0.15, -0.1) is 6.58 Å². The van der Waals surface area contributed by atoms with E-state index in [1.165, 1.54) is 0 Å². The van der Waals surface area contributed by atoms with Gasteiger partial charge in [-0.1, -0.05) is 57.2 Å². The number of allylic oxidation sites excluding steroid dienone is 1. The Hall–Kier alpha value is -1.41. The molecule has 0 unspecified atom stereocenters. The highest BCUT2D eigenvalue weighted by molar-refractivity contribution is 5.86. The summed E-state index contributed by atoms with van der Waals surface area (Å²) in [6.45, 7) is 9.31. The third-order valence-corrected chi connectivity index (χ3v) is 3.02. The molecule has 0 aliphatic carbocycles. The molecule has 1 N–H and O–H groups in total. The summed E-state index contributed by atoms with van der Waals surface area (Å²) in [5, 5.41) is 10.4. The Labute approximate surface area is 109 Å². The van der Waals surface area contributed by atoms with Gasteiger partial charge in [-0.25, -0.2) is 0 Å². The van der Waals surface area contributed by atoms with E-state index in [0.717, 1.165) is 5.56 Å². The SMILES string of the molecule is C=CC[C@@H](C(=O)C(C)(C)C)[C@@H](O)c1ccccc1. The number of rotatable bonds is 5. The molecule has 0 amide bonds. The van der Waals surface area contributed by atoms with Crippen molar-refractivity contribution in [3.8, 4) is 0 Å². The van der Waals surface area contributed by atoms with Crippen LogP contribution in [0.3, 0.4) is 0 Å².